The molecule has 0 aromatic carbocycles. The number of H-pyrrole nitrogens is 1. The summed E-state index contributed by atoms with van der Waals surface area (Å²) in [5.74, 6) is 0. The second-order valence-electron chi connectivity index (χ2n) is 4.21. The predicted octanol–water partition coefficient (Wildman–Crippen LogP) is 3.37. The number of hydrogen-bond donors (Lipinski definition) is 1. The quantitative estimate of drug-likeness (QED) is 0.637. The molecule has 0 bridgehead atoms. The fourth-order valence-electron chi connectivity index (χ4n) is 1.59. The van der Waals surface area contributed by atoms with Gasteiger partial charge in [0.2, 0.25) is 0 Å². The Kier molecular flexibility index (Phi) is 2.92. The van der Waals surface area contributed by atoms with Gasteiger partial charge in [0.15, 0.2) is 10.4 Å². The Bertz CT molecular complexity index is 600. The molecular formula is C12H15N3S. The summed E-state index contributed by atoms with van der Waals surface area (Å²) in [5, 5.41) is 0. The highest BCUT2D eigenvalue weighted by Gasteiger charge is 2.04. The number of fused-ring (bicyclic) bond motifs is 1. The minimum Gasteiger partial charge on any atom is -0.329 e. The highest BCUT2D eigenvalue weighted by Crippen LogP contribution is 2.13. The molecule has 16 heavy (non-hydrogen) atoms. The van der Waals surface area contributed by atoms with Crippen LogP contribution in [0.5, 0.6) is 0 Å². The monoisotopic (exact) mass is 233 g/mol. The van der Waals surface area contributed by atoms with Crippen LogP contribution < -0.4 is 0 Å². The van der Waals surface area contributed by atoms with E-state index in [9.17, 15) is 0 Å². The summed E-state index contributed by atoms with van der Waals surface area (Å²) in [7, 11) is 0. The largest absolute Gasteiger partial charge is 0.329 e. The number of allylic oxidation sites excluding steroid dienone is 2. The minimum absolute atomic E-state index is 0.727. The molecule has 0 atom stereocenters. The van der Waals surface area contributed by atoms with Crippen LogP contribution in [-0.4, -0.2) is 14.5 Å². The Morgan fingerprint density at radius 2 is 2.31 bits per heavy atom. The third kappa shape index (κ3) is 2.07. The van der Waals surface area contributed by atoms with E-state index in [2.05, 4.69) is 36.0 Å². The zero-order valence-corrected chi connectivity index (χ0v) is 10.6. The molecule has 3 nitrogen and oxygen atoms in total. The maximum Gasteiger partial charge on any atom is 0.179 e. The van der Waals surface area contributed by atoms with E-state index in [1.165, 1.54) is 5.57 Å². The van der Waals surface area contributed by atoms with Crippen molar-refractivity contribution in [2.75, 3.05) is 0 Å². The van der Waals surface area contributed by atoms with Crippen LogP contribution in [0.25, 0.3) is 11.2 Å². The van der Waals surface area contributed by atoms with E-state index in [1.807, 2.05) is 17.7 Å². The van der Waals surface area contributed by atoms with Crippen LogP contribution in [0.2, 0.25) is 0 Å². The van der Waals surface area contributed by atoms with E-state index >= 15 is 0 Å². The van der Waals surface area contributed by atoms with Crippen molar-refractivity contribution in [1.82, 2.24) is 14.5 Å². The average Bonchev–Trinajstić information content (AvgIpc) is 2.50. The van der Waals surface area contributed by atoms with Gasteiger partial charge in [0.05, 0.1) is 5.52 Å². The summed E-state index contributed by atoms with van der Waals surface area (Å²) in [6.45, 7) is 6.96. The van der Waals surface area contributed by atoms with Crippen molar-refractivity contribution in [3.63, 3.8) is 0 Å². The first-order chi connectivity index (χ1) is 7.58. The molecule has 2 aromatic heterocycles. The lowest BCUT2D eigenvalue weighted by Crippen LogP contribution is -1.97. The third-order valence-corrected chi connectivity index (χ3v) is 2.75. The second-order valence-corrected chi connectivity index (χ2v) is 4.59. The number of pyridine rings is 1. The van der Waals surface area contributed by atoms with E-state index in [1.54, 1.807) is 0 Å². The van der Waals surface area contributed by atoms with Crippen molar-refractivity contribution in [2.24, 2.45) is 0 Å². The number of aromatic amines is 1. The number of imidazole rings is 1. The van der Waals surface area contributed by atoms with Crippen LogP contribution in [-0.2, 0) is 6.54 Å². The topological polar surface area (TPSA) is 33.6 Å². The number of aryl methyl sites for hydroxylation is 1. The SMILES string of the molecule is CC(C)=CCn1c(=S)[nH]c2cc(C)cnc21. The Labute approximate surface area is 99.8 Å². The summed E-state index contributed by atoms with van der Waals surface area (Å²) >= 11 is 5.29. The molecule has 0 aliphatic carbocycles. The molecule has 0 saturated heterocycles. The van der Waals surface area contributed by atoms with E-state index in [-0.39, 0.29) is 0 Å². The molecule has 84 valence electrons. The van der Waals surface area contributed by atoms with Gasteiger partial charge in [0.1, 0.15) is 0 Å². The summed E-state index contributed by atoms with van der Waals surface area (Å²) in [4.78, 5) is 7.59. The molecule has 2 heterocycles. The number of rotatable bonds is 2. The normalized spacial score (nSPS) is 10.7. The van der Waals surface area contributed by atoms with Crippen molar-refractivity contribution in [3.8, 4) is 0 Å². The van der Waals surface area contributed by atoms with Crippen LogP contribution in [0.3, 0.4) is 0 Å². The number of hydrogen-bond acceptors (Lipinski definition) is 2. The lowest BCUT2D eigenvalue weighted by Gasteiger charge is -2.00. The molecule has 0 aliphatic rings. The highest BCUT2D eigenvalue weighted by atomic mass is 32.1. The van der Waals surface area contributed by atoms with E-state index in [4.69, 9.17) is 12.2 Å². The Balaban J connectivity index is 2.56. The highest BCUT2D eigenvalue weighted by molar-refractivity contribution is 7.71. The molecule has 1 N–H and O–H groups in total. The minimum atomic E-state index is 0.727. The molecule has 0 saturated carbocycles. The van der Waals surface area contributed by atoms with Crippen LogP contribution in [0.15, 0.2) is 23.9 Å². The summed E-state index contributed by atoms with van der Waals surface area (Å²) in [5.41, 5.74) is 4.35. The van der Waals surface area contributed by atoms with E-state index in [0.29, 0.717) is 0 Å². The van der Waals surface area contributed by atoms with E-state index < -0.39 is 0 Å². The summed E-state index contributed by atoms with van der Waals surface area (Å²) < 4.78 is 2.74. The van der Waals surface area contributed by atoms with Gasteiger partial charge in [-0.3, -0.25) is 4.57 Å². The maximum absolute atomic E-state index is 5.29. The lowest BCUT2D eigenvalue weighted by atomic mass is 10.3. The van der Waals surface area contributed by atoms with Crippen molar-refractivity contribution in [1.29, 1.82) is 0 Å². The Morgan fingerprint density at radius 3 is 3.00 bits per heavy atom. The van der Waals surface area contributed by atoms with Crippen molar-refractivity contribution < 1.29 is 0 Å². The number of nitrogens with zero attached hydrogens (tertiary/aromatic N) is 2. The van der Waals surface area contributed by atoms with Gasteiger partial charge in [-0.25, -0.2) is 4.98 Å². The Hall–Kier alpha value is -1.42. The van der Waals surface area contributed by atoms with Gasteiger partial charge in [0, 0.05) is 12.7 Å². The summed E-state index contributed by atoms with van der Waals surface area (Å²) in [6, 6.07) is 2.07. The predicted molar refractivity (Wildman–Crippen MR) is 69.1 cm³/mol. The van der Waals surface area contributed by atoms with Crippen LogP contribution in [0.1, 0.15) is 19.4 Å². The van der Waals surface area contributed by atoms with E-state index in [0.717, 1.165) is 28.0 Å². The zero-order chi connectivity index (χ0) is 11.7. The molecular weight excluding hydrogens is 218 g/mol. The first-order valence-electron chi connectivity index (χ1n) is 5.26. The van der Waals surface area contributed by atoms with Gasteiger partial charge < -0.3 is 4.98 Å². The molecule has 0 radical (unpaired) electrons. The first-order valence-corrected chi connectivity index (χ1v) is 5.67. The van der Waals surface area contributed by atoms with Gasteiger partial charge in [-0.2, -0.15) is 0 Å². The van der Waals surface area contributed by atoms with Crippen LogP contribution in [0, 0.1) is 11.7 Å². The number of aromatic nitrogens is 3. The second kappa shape index (κ2) is 4.22. The van der Waals surface area contributed by atoms with Gasteiger partial charge in [-0.05, 0) is 44.6 Å². The first kappa shape index (κ1) is 11.1. The average molecular weight is 233 g/mol. The molecule has 0 fully saturated rings. The van der Waals surface area contributed by atoms with Crippen molar-refractivity contribution in [3.05, 3.63) is 34.2 Å². The molecule has 0 unspecified atom stereocenters. The van der Waals surface area contributed by atoms with Crippen LogP contribution >= 0.6 is 12.2 Å². The fourth-order valence-corrected chi connectivity index (χ4v) is 1.86. The number of nitrogens with one attached hydrogen (secondary N) is 1. The third-order valence-electron chi connectivity index (χ3n) is 2.43. The Morgan fingerprint density at radius 1 is 1.56 bits per heavy atom. The zero-order valence-electron chi connectivity index (χ0n) is 9.74. The molecule has 0 spiro atoms. The van der Waals surface area contributed by atoms with Gasteiger partial charge in [-0.1, -0.05) is 11.6 Å². The fraction of sp³-hybridized carbons (Fsp3) is 0.333. The molecule has 0 aliphatic heterocycles. The smallest absolute Gasteiger partial charge is 0.179 e. The molecule has 2 aromatic rings. The molecule has 4 heteroatoms. The standard InChI is InChI=1S/C12H15N3S/c1-8(2)4-5-15-11-10(14-12(15)16)6-9(3)7-13-11/h4,6-7H,5H2,1-3H3,(H,14,16). The van der Waals surface area contributed by atoms with Crippen LogP contribution in [0.4, 0.5) is 0 Å². The maximum atomic E-state index is 5.29. The van der Waals surface area contributed by atoms with Crippen molar-refractivity contribution >= 4 is 23.4 Å². The van der Waals surface area contributed by atoms with Gasteiger partial charge >= 0.3 is 0 Å². The molecule has 0 amide bonds. The van der Waals surface area contributed by atoms with Crippen molar-refractivity contribution in [2.45, 2.75) is 27.3 Å². The molecule has 2 rings (SSSR count). The summed E-state index contributed by atoms with van der Waals surface area (Å²) in [6.07, 6.45) is 4.01. The van der Waals surface area contributed by atoms with Gasteiger partial charge in [-0.15, -0.1) is 0 Å². The lowest BCUT2D eigenvalue weighted by molar-refractivity contribution is 0.817. The van der Waals surface area contributed by atoms with Gasteiger partial charge in [0.25, 0.3) is 0 Å².